The van der Waals surface area contributed by atoms with Crippen LogP contribution in [0.4, 0.5) is 0 Å². The zero-order valence-corrected chi connectivity index (χ0v) is 11.7. The topological polar surface area (TPSA) is 154 Å². The summed E-state index contributed by atoms with van der Waals surface area (Å²) in [6.07, 6.45) is 4.15. The minimum absolute atomic E-state index is 0.136. The zero-order valence-electron chi connectivity index (χ0n) is 11.7. The van der Waals surface area contributed by atoms with Gasteiger partial charge in [0.05, 0.1) is 5.97 Å². The average Bonchev–Trinajstić information content (AvgIpc) is 2.45. The molecule has 0 aromatic carbocycles. The molecule has 1 rings (SSSR count). The molecule has 10 heteroatoms. The Labute approximate surface area is 124 Å². The molecule has 1 aromatic heterocycles. The van der Waals surface area contributed by atoms with Crippen molar-refractivity contribution in [1.29, 1.82) is 0 Å². The quantitative estimate of drug-likeness (QED) is 0.654. The maximum Gasteiger partial charge on any atom is 0.346 e. The second-order valence-electron chi connectivity index (χ2n) is 3.86. The van der Waals surface area contributed by atoms with Gasteiger partial charge < -0.3 is 15.0 Å². The van der Waals surface area contributed by atoms with Crippen molar-refractivity contribution >= 4 is 36.5 Å². The standard InChI is InChI=1S/C12H12N6O4/c1-7(13-5-11(19)20)3-9-15-17-10(18-16-9)4-8(2)14-6-12(21)22/h3-6H,1-2H3,(H,19,20)(H,21,22)/p-1/b7-3+,8-4+,13-5?,14-6?. The highest BCUT2D eigenvalue weighted by atomic mass is 16.4. The summed E-state index contributed by atoms with van der Waals surface area (Å²) in [5.41, 5.74) is 0.697. The van der Waals surface area contributed by atoms with Crippen molar-refractivity contribution in [2.75, 3.05) is 0 Å². The van der Waals surface area contributed by atoms with Crippen LogP contribution in [0.1, 0.15) is 25.5 Å². The summed E-state index contributed by atoms with van der Waals surface area (Å²) in [6.45, 7) is 3.11. The Bertz CT molecular complexity index is 616. The molecular weight excluding hydrogens is 292 g/mol. The van der Waals surface area contributed by atoms with E-state index in [9.17, 15) is 14.7 Å². The summed E-state index contributed by atoms with van der Waals surface area (Å²) in [6, 6.07) is 0. The number of carboxylic acid groups (broad SMARTS) is 2. The first-order valence-electron chi connectivity index (χ1n) is 5.83. The van der Waals surface area contributed by atoms with Gasteiger partial charge in [0, 0.05) is 29.8 Å². The lowest BCUT2D eigenvalue weighted by Gasteiger charge is -1.95. The van der Waals surface area contributed by atoms with Gasteiger partial charge in [0.2, 0.25) is 0 Å². The van der Waals surface area contributed by atoms with E-state index in [0.29, 0.717) is 17.6 Å². The van der Waals surface area contributed by atoms with Gasteiger partial charge in [-0.15, -0.1) is 20.4 Å². The Morgan fingerprint density at radius 3 is 1.73 bits per heavy atom. The third-order valence-corrected chi connectivity index (χ3v) is 1.94. The summed E-state index contributed by atoms with van der Waals surface area (Å²) >= 11 is 0. The van der Waals surface area contributed by atoms with E-state index >= 15 is 0 Å². The summed E-state index contributed by atoms with van der Waals surface area (Å²) in [7, 11) is 0. The molecule has 0 unspecified atom stereocenters. The number of carbonyl (C=O) groups excluding carboxylic acids is 1. The Morgan fingerprint density at radius 2 is 1.36 bits per heavy atom. The second-order valence-corrected chi connectivity index (χ2v) is 3.86. The number of hydrogen-bond donors (Lipinski definition) is 1. The number of carbonyl (C=O) groups is 2. The third-order valence-electron chi connectivity index (χ3n) is 1.94. The highest BCUT2D eigenvalue weighted by Crippen LogP contribution is 2.02. The Kier molecular flexibility index (Phi) is 6.16. The van der Waals surface area contributed by atoms with Crippen LogP contribution in [0.25, 0.3) is 12.2 Å². The monoisotopic (exact) mass is 303 g/mol. The molecule has 0 aliphatic rings. The molecule has 22 heavy (non-hydrogen) atoms. The maximum atomic E-state index is 10.3. The second kappa shape index (κ2) is 8.09. The molecule has 114 valence electrons. The molecule has 0 fully saturated rings. The number of allylic oxidation sites excluding steroid dienone is 2. The number of aliphatic carboxylic acids is 2. The van der Waals surface area contributed by atoms with Gasteiger partial charge in [-0.2, -0.15) is 0 Å². The number of rotatable bonds is 6. The van der Waals surface area contributed by atoms with E-state index in [1.54, 1.807) is 13.8 Å². The lowest BCUT2D eigenvalue weighted by molar-refractivity contribution is -0.293. The fourth-order valence-corrected chi connectivity index (χ4v) is 1.12. The molecule has 1 heterocycles. The summed E-state index contributed by atoms with van der Waals surface area (Å²) in [5.74, 6) is -2.30. The van der Waals surface area contributed by atoms with Gasteiger partial charge in [0.1, 0.15) is 6.21 Å². The maximum absolute atomic E-state index is 10.3. The van der Waals surface area contributed by atoms with Crippen LogP contribution in [0.2, 0.25) is 0 Å². The van der Waals surface area contributed by atoms with Gasteiger partial charge in [-0.1, -0.05) is 0 Å². The summed E-state index contributed by atoms with van der Waals surface area (Å²) in [4.78, 5) is 27.7. The van der Waals surface area contributed by atoms with Crippen LogP contribution < -0.4 is 5.11 Å². The fourth-order valence-electron chi connectivity index (χ4n) is 1.12. The predicted octanol–water partition coefficient (Wildman–Crippen LogP) is -1.04. The SMILES string of the molecule is C/C(=C\c1nnc(/C=C(\C)N=CC(=O)O)nn1)N=CC(=O)[O-]. The molecule has 1 N–H and O–H groups in total. The van der Waals surface area contributed by atoms with Crippen molar-refractivity contribution in [2.24, 2.45) is 9.98 Å². The van der Waals surface area contributed by atoms with Crippen LogP contribution in [0.3, 0.4) is 0 Å². The highest BCUT2D eigenvalue weighted by molar-refractivity contribution is 6.22. The lowest BCUT2D eigenvalue weighted by Crippen LogP contribution is -2.23. The van der Waals surface area contributed by atoms with E-state index in [2.05, 4.69) is 30.4 Å². The summed E-state index contributed by atoms with van der Waals surface area (Å²) < 4.78 is 0. The normalized spacial score (nSPS) is 13.0. The number of nitrogens with zero attached hydrogens (tertiary/aromatic N) is 6. The predicted molar refractivity (Wildman–Crippen MR) is 74.6 cm³/mol. The van der Waals surface area contributed by atoms with Crippen molar-refractivity contribution in [1.82, 2.24) is 20.4 Å². The smallest absolute Gasteiger partial charge is 0.346 e. The van der Waals surface area contributed by atoms with Gasteiger partial charge >= 0.3 is 5.97 Å². The first-order chi connectivity index (χ1) is 10.4. The van der Waals surface area contributed by atoms with Crippen LogP contribution in [0.5, 0.6) is 0 Å². The molecule has 0 radical (unpaired) electrons. The number of carboxylic acids is 2. The van der Waals surface area contributed by atoms with Crippen LogP contribution in [-0.2, 0) is 9.59 Å². The highest BCUT2D eigenvalue weighted by Gasteiger charge is 1.98. The number of hydrogen-bond acceptors (Lipinski definition) is 9. The van der Waals surface area contributed by atoms with Gasteiger partial charge in [0.15, 0.2) is 11.6 Å². The van der Waals surface area contributed by atoms with Gasteiger partial charge in [0.25, 0.3) is 0 Å². The van der Waals surface area contributed by atoms with Crippen molar-refractivity contribution in [3.8, 4) is 0 Å². The lowest BCUT2D eigenvalue weighted by atomic mass is 10.4. The molecule has 0 spiro atoms. The van der Waals surface area contributed by atoms with Gasteiger partial charge in [-0.25, -0.2) is 4.79 Å². The van der Waals surface area contributed by atoms with E-state index in [1.807, 2.05) is 0 Å². The first kappa shape index (κ1) is 16.8. The third kappa shape index (κ3) is 6.75. The van der Waals surface area contributed by atoms with Crippen LogP contribution in [0.15, 0.2) is 21.4 Å². The molecule has 0 bridgehead atoms. The number of aromatic nitrogens is 4. The van der Waals surface area contributed by atoms with E-state index < -0.39 is 11.9 Å². The molecule has 0 aliphatic heterocycles. The molecule has 0 saturated carbocycles. The molecule has 0 atom stereocenters. The number of aliphatic imine (C=N–C) groups is 2. The first-order valence-corrected chi connectivity index (χ1v) is 5.83. The van der Waals surface area contributed by atoms with E-state index in [4.69, 9.17) is 5.11 Å². The Morgan fingerprint density at radius 1 is 0.955 bits per heavy atom. The van der Waals surface area contributed by atoms with Crippen LogP contribution in [-0.4, -0.2) is 49.9 Å². The molecule has 0 saturated heterocycles. The Balaban J connectivity index is 2.83. The summed E-state index contributed by atoms with van der Waals surface area (Å²) in [5, 5.41) is 33.6. The van der Waals surface area contributed by atoms with E-state index in [1.165, 1.54) is 12.2 Å². The van der Waals surface area contributed by atoms with Crippen LogP contribution >= 0.6 is 0 Å². The van der Waals surface area contributed by atoms with Crippen molar-refractivity contribution < 1.29 is 19.8 Å². The minimum Gasteiger partial charge on any atom is -0.544 e. The fraction of sp³-hybridized carbons (Fsp3) is 0.167. The van der Waals surface area contributed by atoms with Gasteiger partial charge in [-0.3, -0.25) is 9.98 Å². The Hall–Kier alpha value is -3.30. The molecule has 10 nitrogen and oxygen atoms in total. The van der Waals surface area contributed by atoms with Crippen molar-refractivity contribution in [2.45, 2.75) is 13.8 Å². The zero-order chi connectivity index (χ0) is 16.5. The van der Waals surface area contributed by atoms with E-state index in [-0.39, 0.29) is 11.6 Å². The molecular formula is C12H11N6O4-. The largest absolute Gasteiger partial charge is 0.544 e. The van der Waals surface area contributed by atoms with Crippen LogP contribution in [0, 0.1) is 0 Å². The van der Waals surface area contributed by atoms with Crippen molar-refractivity contribution in [3.63, 3.8) is 0 Å². The molecule has 0 aliphatic carbocycles. The van der Waals surface area contributed by atoms with E-state index in [0.717, 1.165) is 6.21 Å². The molecule has 1 aromatic rings. The van der Waals surface area contributed by atoms with Gasteiger partial charge in [-0.05, 0) is 13.8 Å². The average molecular weight is 303 g/mol. The van der Waals surface area contributed by atoms with Crippen molar-refractivity contribution in [3.05, 3.63) is 23.0 Å². The molecule has 0 amide bonds. The minimum atomic E-state index is -1.41.